The van der Waals surface area contributed by atoms with Gasteiger partial charge in [0.05, 0.1) is 12.7 Å². The van der Waals surface area contributed by atoms with Gasteiger partial charge >= 0.3 is 5.97 Å². The van der Waals surface area contributed by atoms with Gasteiger partial charge in [0, 0.05) is 36.8 Å². The van der Waals surface area contributed by atoms with E-state index in [1.807, 2.05) is 6.07 Å². The Bertz CT molecular complexity index is 1120. The summed E-state index contributed by atoms with van der Waals surface area (Å²) in [5, 5.41) is 25.4. The fourth-order valence-electron chi connectivity index (χ4n) is 7.74. The third-order valence-corrected chi connectivity index (χ3v) is 9.80. The van der Waals surface area contributed by atoms with E-state index in [0.29, 0.717) is 38.1 Å². The average molecular weight is 497 g/mol. The van der Waals surface area contributed by atoms with Crippen molar-refractivity contribution in [2.24, 2.45) is 11.8 Å². The van der Waals surface area contributed by atoms with Gasteiger partial charge < -0.3 is 25.2 Å². The number of Topliss-reactive ketones (excluding diaryl/α,β-unsaturated/α-hetero) is 1. The number of hydrogen-bond acceptors (Lipinski definition) is 6. The molecule has 2 bridgehead atoms. The van der Waals surface area contributed by atoms with Gasteiger partial charge in [-0.15, -0.1) is 0 Å². The molecule has 1 aromatic rings. The summed E-state index contributed by atoms with van der Waals surface area (Å²) in [7, 11) is 1.66. The normalized spacial score (nSPS) is 35.2. The summed E-state index contributed by atoms with van der Waals surface area (Å²) >= 11 is 0. The van der Waals surface area contributed by atoms with Crippen molar-refractivity contribution in [1.82, 2.24) is 10.2 Å². The first kappa shape index (κ1) is 23.9. The van der Waals surface area contributed by atoms with E-state index in [9.17, 15) is 24.6 Å². The number of carbonyl (C=O) groups excluding carboxylic acids is 2. The second kappa shape index (κ2) is 8.55. The number of carboxylic acid groups (broad SMARTS) is 1. The summed E-state index contributed by atoms with van der Waals surface area (Å²) in [5.74, 6) is -0.412. The molecule has 5 aliphatic rings. The fraction of sp³-hybridized carbons (Fsp3) is 0.679. The lowest BCUT2D eigenvalue weighted by molar-refractivity contribution is -0.162. The number of aliphatic carboxylic acids is 1. The number of nitrogens with one attached hydrogen (secondary N) is 1. The van der Waals surface area contributed by atoms with Gasteiger partial charge in [0.1, 0.15) is 17.6 Å². The quantitative estimate of drug-likeness (QED) is 0.552. The Balaban J connectivity index is 1.33. The highest BCUT2D eigenvalue weighted by Crippen LogP contribution is 2.58. The number of ether oxygens (including phenoxy) is 1. The first-order valence-electron chi connectivity index (χ1n) is 13.5. The molecule has 0 spiro atoms. The zero-order valence-electron chi connectivity index (χ0n) is 20.9. The Labute approximate surface area is 211 Å². The lowest BCUT2D eigenvalue weighted by Crippen LogP contribution is -2.73. The van der Waals surface area contributed by atoms with Crippen molar-refractivity contribution in [3.05, 3.63) is 28.8 Å². The number of carboxylic acids is 1. The molecular formula is C28H36N2O6. The molecule has 2 heterocycles. The molecule has 3 aliphatic carbocycles. The minimum Gasteiger partial charge on any atom is -0.497 e. The number of rotatable bonds is 6. The summed E-state index contributed by atoms with van der Waals surface area (Å²) in [6.45, 7) is 1.14. The van der Waals surface area contributed by atoms with Gasteiger partial charge in [0.2, 0.25) is 5.91 Å². The van der Waals surface area contributed by atoms with E-state index in [4.69, 9.17) is 4.74 Å². The van der Waals surface area contributed by atoms with Crippen LogP contribution in [0.5, 0.6) is 5.75 Å². The van der Waals surface area contributed by atoms with Crippen molar-refractivity contribution >= 4 is 17.7 Å². The van der Waals surface area contributed by atoms with Crippen LogP contribution in [0.4, 0.5) is 0 Å². The average Bonchev–Trinajstić information content (AvgIpc) is 3.50. The van der Waals surface area contributed by atoms with E-state index >= 15 is 0 Å². The van der Waals surface area contributed by atoms with Crippen LogP contribution in [-0.4, -0.2) is 70.7 Å². The number of methoxy groups -OCH3 is 1. The number of likely N-dealkylation sites (tertiary alicyclic amines) is 1. The number of piperidine rings is 1. The zero-order valence-corrected chi connectivity index (χ0v) is 20.9. The minimum atomic E-state index is -1.16. The van der Waals surface area contributed by atoms with Gasteiger partial charge in [0.25, 0.3) is 0 Å². The molecule has 1 aromatic carbocycles. The molecule has 8 nitrogen and oxygen atoms in total. The van der Waals surface area contributed by atoms with Crippen LogP contribution >= 0.6 is 0 Å². The first-order valence-corrected chi connectivity index (χ1v) is 13.5. The van der Waals surface area contributed by atoms with Crippen LogP contribution in [0.15, 0.2) is 12.1 Å². The van der Waals surface area contributed by atoms with Crippen molar-refractivity contribution in [2.45, 2.75) is 87.3 Å². The van der Waals surface area contributed by atoms with Crippen molar-refractivity contribution in [1.29, 1.82) is 0 Å². The monoisotopic (exact) mass is 496 g/mol. The number of aliphatic hydroxyl groups is 1. The van der Waals surface area contributed by atoms with Crippen molar-refractivity contribution in [3.63, 3.8) is 0 Å². The van der Waals surface area contributed by atoms with E-state index in [0.717, 1.165) is 24.3 Å². The van der Waals surface area contributed by atoms with E-state index in [1.54, 1.807) is 7.11 Å². The van der Waals surface area contributed by atoms with E-state index in [2.05, 4.69) is 11.4 Å². The number of fused-ring (bicyclic) bond motifs is 1. The summed E-state index contributed by atoms with van der Waals surface area (Å²) in [4.78, 5) is 39.8. The predicted molar refractivity (Wildman–Crippen MR) is 131 cm³/mol. The highest BCUT2D eigenvalue weighted by molar-refractivity contribution is 5.91. The molecule has 2 saturated heterocycles. The molecule has 0 aromatic heterocycles. The lowest BCUT2D eigenvalue weighted by Gasteiger charge is -2.62. The maximum atomic E-state index is 13.6. The van der Waals surface area contributed by atoms with Gasteiger partial charge in [-0.2, -0.15) is 0 Å². The molecule has 2 aliphatic heterocycles. The Morgan fingerprint density at radius 3 is 2.78 bits per heavy atom. The van der Waals surface area contributed by atoms with Crippen LogP contribution in [0, 0.1) is 11.8 Å². The van der Waals surface area contributed by atoms with Crippen LogP contribution in [0.3, 0.4) is 0 Å². The second-order valence-electron chi connectivity index (χ2n) is 11.8. The number of benzene rings is 1. The number of hydrogen-bond donors (Lipinski definition) is 3. The summed E-state index contributed by atoms with van der Waals surface area (Å²) in [6, 6.07) is 3.17. The molecule has 194 valence electrons. The third kappa shape index (κ3) is 3.59. The van der Waals surface area contributed by atoms with Gasteiger partial charge in [-0.3, -0.25) is 9.59 Å². The highest BCUT2D eigenvalue weighted by Gasteiger charge is 2.65. The van der Waals surface area contributed by atoms with E-state index in [-0.39, 0.29) is 37.0 Å². The molecule has 5 atom stereocenters. The molecular weight excluding hydrogens is 460 g/mol. The molecule has 0 radical (unpaired) electrons. The Kier molecular flexibility index (Phi) is 5.68. The summed E-state index contributed by atoms with van der Waals surface area (Å²) < 4.78 is 5.68. The number of ketones is 1. The Morgan fingerprint density at radius 2 is 2.06 bits per heavy atom. The Hall–Kier alpha value is -2.45. The number of nitrogens with zero attached hydrogens (tertiary/aromatic N) is 1. The third-order valence-electron chi connectivity index (χ3n) is 9.80. The molecule has 6 rings (SSSR count). The van der Waals surface area contributed by atoms with E-state index in [1.165, 1.54) is 28.9 Å². The zero-order chi connectivity index (χ0) is 25.2. The predicted octanol–water partition coefficient (Wildman–Crippen LogP) is 1.98. The van der Waals surface area contributed by atoms with Gasteiger partial charge in [0.15, 0.2) is 0 Å². The molecule has 0 unspecified atom stereocenters. The molecule has 1 amide bonds. The lowest BCUT2D eigenvalue weighted by atomic mass is 9.47. The number of amides is 1. The van der Waals surface area contributed by atoms with Crippen molar-refractivity contribution in [3.8, 4) is 5.75 Å². The van der Waals surface area contributed by atoms with Crippen LogP contribution in [0.1, 0.15) is 68.1 Å². The van der Waals surface area contributed by atoms with Crippen LogP contribution in [0.25, 0.3) is 0 Å². The smallest absolute Gasteiger partial charge is 0.326 e. The maximum absolute atomic E-state index is 13.6. The van der Waals surface area contributed by atoms with Gasteiger partial charge in [-0.05, 0) is 92.7 Å². The maximum Gasteiger partial charge on any atom is 0.326 e. The molecule has 3 N–H and O–H groups in total. The summed E-state index contributed by atoms with van der Waals surface area (Å²) in [6.07, 6.45) is 6.33. The topological polar surface area (TPSA) is 116 Å². The SMILES string of the molecule is COc1cc(CC2CC2)c2c(c1)[C@]13CCN[C@H](C2)[C@]1(O)C[C@H](CC(=O)N1CCC[C@H]1C(=O)O)C(=O)C3. The summed E-state index contributed by atoms with van der Waals surface area (Å²) in [5.41, 5.74) is 1.74. The van der Waals surface area contributed by atoms with Crippen LogP contribution < -0.4 is 10.1 Å². The van der Waals surface area contributed by atoms with Gasteiger partial charge in [-0.25, -0.2) is 4.79 Å². The van der Waals surface area contributed by atoms with Crippen LogP contribution in [-0.2, 0) is 32.6 Å². The second-order valence-corrected chi connectivity index (χ2v) is 11.8. The number of carbonyl (C=O) groups is 3. The molecule has 4 fully saturated rings. The largest absolute Gasteiger partial charge is 0.497 e. The van der Waals surface area contributed by atoms with Crippen molar-refractivity contribution in [2.75, 3.05) is 20.2 Å². The fourth-order valence-corrected chi connectivity index (χ4v) is 7.74. The first-order chi connectivity index (χ1) is 17.3. The standard InChI is InChI=1S/C28H36N2O6/c1-36-19-10-17(9-16-4-5-16)20-13-24-28(35)14-18(11-25(32)30-8-2-3-22(30)26(33)34)23(31)15-27(28,6-7-29-24)21(20)12-19/h10,12,16,18,22,24,29,35H,2-9,11,13-15H2,1H3,(H,33,34)/t18-,22-,24+,27+,28+/m0/s1. The highest BCUT2D eigenvalue weighted by atomic mass is 16.5. The van der Waals surface area contributed by atoms with Crippen molar-refractivity contribution < 1.29 is 29.3 Å². The van der Waals surface area contributed by atoms with Gasteiger partial charge in [-0.1, -0.05) is 0 Å². The minimum absolute atomic E-state index is 0.000778. The molecule has 8 heteroatoms. The molecule has 36 heavy (non-hydrogen) atoms. The Morgan fingerprint density at radius 1 is 1.25 bits per heavy atom. The van der Waals surface area contributed by atoms with Crippen LogP contribution in [0.2, 0.25) is 0 Å². The molecule has 2 saturated carbocycles. The van der Waals surface area contributed by atoms with E-state index < -0.39 is 28.9 Å².